The summed E-state index contributed by atoms with van der Waals surface area (Å²) in [7, 11) is 0. The minimum absolute atomic E-state index is 0.592. The summed E-state index contributed by atoms with van der Waals surface area (Å²) < 4.78 is 0. The summed E-state index contributed by atoms with van der Waals surface area (Å²) >= 11 is 0. The molecule has 1 unspecified atom stereocenters. The summed E-state index contributed by atoms with van der Waals surface area (Å²) in [6.45, 7) is 5.71. The van der Waals surface area contributed by atoms with Gasteiger partial charge in [-0.2, -0.15) is 5.26 Å². The molecule has 0 radical (unpaired) electrons. The van der Waals surface area contributed by atoms with Crippen LogP contribution in [0.25, 0.3) is 0 Å². The zero-order valence-electron chi connectivity index (χ0n) is 11.7. The van der Waals surface area contributed by atoms with Gasteiger partial charge in [0.05, 0.1) is 6.07 Å². The van der Waals surface area contributed by atoms with Crippen LogP contribution in [0, 0.1) is 23.2 Å². The number of nitrogens with two attached hydrogens (primary N) is 1. The Morgan fingerprint density at radius 3 is 2.17 bits per heavy atom. The zero-order valence-corrected chi connectivity index (χ0v) is 11.7. The normalized spacial score (nSPS) is 22.8. The van der Waals surface area contributed by atoms with Gasteiger partial charge in [0.15, 0.2) is 0 Å². The Labute approximate surface area is 111 Å². The molecule has 0 aromatic carbocycles. The van der Waals surface area contributed by atoms with Crippen molar-refractivity contribution >= 4 is 0 Å². The summed E-state index contributed by atoms with van der Waals surface area (Å²) in [5.74, 6) is 1.93. The van der Waals surface area contributed by atoms with Crippen LogP contribution in [0.5, 0.6) is 0 Å². The molecule has 2 saturated carbocycles. The first kappa shape index (κ1) is 13.8. The summed E-state index contributed by atoms with van der Waals surface area (Å²) in [5, 5.41) is 9.07. The maximum absolute atomic E-state index is 9.07. The summed E-state index contributed by atoms with van der Waals surface area (Å²) in [6.07, 6.45) is 8.37. The maximum atomic E-state index is 9.07. The molecule has 0 heterocycles. The fourth-order valence-corrected chi connectivity index (χ4v) is 2.52. The number of rotatable bonds is 9. The van der Waals surface area contributed by atoms with E-state index in [2.05, 4.69) is 11.0 Å². The second kappa shape index (κ2) is 6.04. The molecule has 0 bridgehead atoms. The van der Waals surface area contributed by atoms with Crippen molar-refractivity contribution in [1.29, 1.82) is 5.26 Å². The van der Waals surface area contributed by atoms with E-state index in [0.717, 1.165) is 37.6 Å². The van der Waals surface area contributed by atoms with Crippen LogP contribution in [-0.4, -0.2) is 30.1 Å². The van der Waals surface area contributed by atoms with E-state index in [1.54, 1.807) is 0 Å². The van der Waals surface area contributed by atoms with Crippen LogP contribution >= 0.6 is 0 Å². The summed E-state index contributed by atoms with van der Waals surface area (Å²) in [5.41, 5.74) is 5.44. The molecule has 0 aliphatic heterocycles. The average molecular weight is 249 g/mol. The quantitative estimate of drug-likeness (QED) is 0.683. The Kier molecular flexibility index (Phi) is 4.64. The molecule has 18 heavy (non-hydrogen) atoms. The van der Waals surface area contributed by atoms with E-state index >= 15 is 0 Å². The van der Waals surface area contributed by atoms with Crippen molar-refractivity contribution in [2.75, 3.05) is 19.6 Å². The van der Waals surface area contributed by atoms with Crippen molar-refractivity contribution in [2.45, 2.75) is 57.4 Å². The monoisotopic (exact) mass is 249 g/mol. The van der Waals surface area contributed by atoms with Crippen molar-refractivity contribution in [3.63, 3.8) is 0 Å². The van der Waals surface area contributed by atoms with E-state index < -0.39 is 5.54 Å². The van der Waals surface area contributed by atoms with Gasteiger partial charge in [-0.05, 0) is 63.3 Å². The van der Waals surface area contributed by atoms with E-state index in [0.29, 0.717) is 0 Å². The van der Waals surface area contributed by atoms with Crippen molar-refractivity contribution in [2.24, 2.45) is 17.6 Å². The highest BCUT2D eigenvalue weighted by molar-refractivity contribution is 5.03. The molecule has 1 atom stereocenters. The lowest BCUT2D eigenvalue weighted by Crippen LogP contribution is -2.38. The molecular formula is C15H27N3. The lowest BCUT2D eigenvalue weighted by Gasteiger charge is -2.25. The molecule has 0 amide bonds. The molecule has 0 aromatic heterocycles. The van der Waals surface area contributed by atoms with Gasteiger partial charge in [0.2, 0.25) is 0 Å². The molecular weight excluding hydrogens is 222 g/mol. The second-order valence-corrected chi connectivity index (χ2v) is 6.37. The van der Waals surface area contributed by atoms with Gasteiger partial charge in [0.1, 0.15) is 5.54 Å². The van der Waals surface area contributed by atoms with Gasteiger partial charge < -0.3 is 10.6 Å². The summed E-state index contributed by atoms with van der Waals surface area (Å²) in [4.78, 5) is 2.63. The second-order valence-electron chi connectivity index (χ2n) is 6.37. The van der Waals surface area contributed by atoms with Gasteiger partial charge in [-0.25, -0.2) is 0 Å². The van der Waals surface area contributed by atoms with Crippen molar-refractivity contribution in [1.82, 2.24) is 4.90 Å². The Morgan fingerprint density at radius 1 is 1.22 bits per heavy atom. The maximum Gasteiger partial charge on any atom is 0.104 e. The van der Waals surface area contributed by atoms with E-state index in [9.17, 15) is 0 Å². The molecule has 2 aliphatic carbocycles. The molecule has 3 nitrogen and oxygen atoms in total. The van der Waals surface area contributed by atoms with Crippen molar-refractivity contribution in [3.8, 4) is 6.07 Å². The van der Waals surface area contributed by atoms with Crippen LogP contribution in [0.4, 0.5) is 0 Å². The van der Waals surface area contributed by atoms with Crippen LogP contribution in [0.2, 0.25) is 0 Å². The number of hydrogen-bond donors (Lipinski definition) is 1. The molecule has 102 valence electrons. The lowest BCUT2D eigenvalue weighted by atomic mass is 9.93. The predicted octanol–water partition coefficient (Wildman–Crippen LogP) is 2.52. The van der Waals surface area contributed by atoms with Gasteiger partial charge in [-0.1, -0.05) is 6.92 Å². The molecule has 2 aliphatic rings. The lowest BCUT2D eigenvalue weighted by molar-refractivity contribution is 0.241. The summed E-state index contributed by atoms with van der Waals surface area (Å²) in [6, 6.07) is 2.27. The first-order chi connectivity index (χ1) is 8.65. The Bertz CT molecular complexity index is 287. The average Bonchev–Trinajstić information content (AvgIpc) is 3.24. The standard InChI is InChI=1S/C15H27N3/c1-2-15(17,12-16)8-3-9-18(10-13-4-5-13)11-14-6-7-14/h13-14H,2-11,17H2,1H3. The van der Waals surface area contributed by atoms with Crippen LogP contribution in [-0.2, 0) is 0 Å². The largest absolute Gasteiger partial charge is 0.313 e. The predicted molar refractivity (Wildman–Crippen MR) is 73.9 cm³/mol. The van der Waals surface area contributed by atoms with Gasteiger partial charge in [-0.3, -0.25) is 0 Å². The fourth-order valence-electron chi connectivity index (χ4n) is 2.52. The molecule has 2 fully saturated rings. The van der Waals surface area contributed by atoms with E-state index in [1.165, 1.54) is 38.8 Å². The van der Waals surface area contributed by atoms with Crippen LogP contribution in [0.1, 0.15) is 51.9 Å². The van der Waals surface area contributed by atoms with Crippen LogP contribution in [0.3, 0.4) is 0 Å². The Morgan fingerprint density at radius 2 is 1.78 bits per heavy atom. The van der Waals surface area contributed by atoms with E-state index in [-0.39, 0.29) is 0 Å². The molecule has 2 rings (SSSR count). The topological polar surface area (TPSA) is 53.1 Å². The Hall–Kier alpha value is -0.590. The highest BCUT2D eigenvalue weighted by atomic mass is 15.1. The first-order valence-electron chi connectivity index (χ1n) is 7.57. The smallest absolute Gasteiger partial charge is 0.104 e. The molecule has 0 aromatic rings. The fraction of sp³-hybridized carbons (Fsp3) is 0.933. The van der Waals surface area contributed by atoms with Gasteiger partial charge in [0.25, 0.3) is 0 Å². The van der Waals surface area contributed by atoms with Gasteiger partial charge in [0, 0.05) is 13.1 Å². The SMILES string of the molecule is CCC(N)(C#N)CCCN(CC1CC1)CC1CC1. The molecule has 3 heteroatoms. The molecule has 2 N–H and O–H groups in total. The van der Waals surface area contributed by atoms with Crippen molar-refractivity contribution in [3.05, 3.63) is 0 Å². The third kappa shape index (κ3) is 4.59. The van der Waals surface area contributed by atoms with Crippen LogP contribution in [0.15, 0.2) is 0 Å². The van der Waals surface area contributed by atoms with Gasteiger partial charge >= 0.3 is 0 Å². The van der Waals surface area contributed by atoms with Crippen molar-refractivity contribution < 1.29 is 0 Å². The third-order valence-electron chi connectivity index (χ3n) is 4.38. The minimum atomic E-state index is -0.592. The van der Waals surface area contributed by atoms with Gasteiger partial charge in [-0.15, -0.1) is 0 Å². The third-order valence-corrected chi connectivity index (χ3v) is 4.38. The zero-order chi connectivity index (χ0) is 13.0. The minimum Gasteiger partial charge on any atom is -0.313 e. The number of nitriles is 1. The highest BCUT2D eigenvalue weighted by Gasteiger charge is 2.29. The number of nitrogens with zero attached hydrogens (tertiary/aromatic N) is 2. The van der Waals surface area contributed by atoms with E-state index in [1.807, 2.05) is 6.92 Å². The number of hydrogen-bond acceptors (Lipinski definition) is 3. The Balaban J connectivity index is 1.68. The van der Waals surface area contributed by atoms with E-state index in [4.69, 9.17) is 11.0 Å². The highest BCUT2D eigenvalue weighted by Crippen LogP contribution is 2.33. The van der Waals surface area contributed by atoms with Crippen LogP contribution < -0.4 is 5.73 Å². The first-order valence-corrected chi connectivity index (χ1v) is 7.57. The molecule has 0 saturated heterocycles. The molecule has 0 spiro atoms.